The molecule has 0 aromatic carbocycles. The van der Waals surface area contributed by atoms with Crippen LogP contribution in [0.4, 0.5) is 15.9 Å². The molecule has 2 heterocycles. The van der Waals surface area contributed by atoms with E-state index >= 15 is 0 Å². The van der Waals surface area contributed by atoms with Crippen LogP contribution in [0, 0.1) is 10.1 Å². The lowest BCUT2D eigenvalue weighted by molar-refractivity contribution is -0.384. The molecule has 0 saturated carbocycles. The average Bonchev–Trinajstić information content (AvgIpc) is 2.61. The Morgan fingerprint density at radius 2 is 2.39 bits per heavy atom. The van der Waals surface area contributed by atoms with Crippen LogP contribution in [0.15, 0.2) is 6.20 Å². The van der Waals surface area contributed by atoms with Crippen LogP contribution in [0.2, 0.25) is 0 Å². The number of alkyl halides is 1. The second-order valence-corrected chi connectivity index (χ2v) is 4.50. The first-order valence-electron chi connectivity index (χ1n) is 5.81. The lowest BCUT2D eigenvalue weighted by Crippen LogP contribution is -2.38. The normalized spacial score (nSPS) is 24.9. The van der Waals surface area contributed by atoms with Gasteiger partial charge in [0.25, 0.3) is 0 Å². The summed E-state index contributed by atoms with van der Waals surface area (Å²) in [5.41, 5.74) is 5.57. The summed E-state index contributed by atoms with van der Waals surface area (Å²) in [5.74, 6) is 0.344. The van der Waals surface area contributed by atoms with Gasteiger partial charge < -0.3 is 10.6 Å². The number of anilines is 1. The maximum atomic E-state index is 13.8. The molecular weight excluding hydrogens is 241 g/mol. The molecule has 2 rings (SSSR count). The van der Waals surface area contributed by atoms with Gasteiger partial charge in [-0.05, 0) is 12.8 Å². The highest BCUT2D eigenvalue weighted by molar-refractivity contribution is 5.57. The average molecular weight is 257 g/mol. The highest BCUT2D eigenvalue weighted by atomic mass is 19.1. The Labute approximate surface area is 104 Å². The van der Waals surface area contributed by atoms with Crippen molar-refractivity contribution < 1.29 is 9.31 Å². The summed E-state index contributed by atoms with van der Waals surface area (Å²) < 4.78 is 15.2. The van der Waals surface area contributed by atoms with E-state index in [-0.39, 0.29) is 12.2 Å². The summed E-state index contributed by atoms with van der Waals surface area (Å²) in [7, 11) is 1.61. The van der Waals surface area contributed by atoms with Crippen LogP contribution in [-0.2, 0) is 7.05 Å². The van der Waals surface area contributed by atoms with Gasteiger partial charge in [0.1, 0.15) is 12.4 Å². The number of nitrogens with zero attached hydrogens (tertiary/aromatic N) is 4. The highest BCUT2D eigenvalue weighted by Crippen LogP contribution is 2.29. The Balaban J connectivity index is 2.30. The quantitative estimate of drug-likeness (QED) is 0.618. The first-order chi connectivity index (χ1) is 8.50. The van der Waals surface area contributed by atoms with E-state index in [1.165, 1.54) is 10.9 Å². The first kappa shape index (κ1) is 12.7. The van der Waals surface area contributed by atoms with Crippen LogP contribution in [0.1, 0.15) is 12.8 Å². The predicted molar refractivity (Wildman–Crippen MR) is 64.2 cm³/mol. The molecule has 0 amide bonds. The minimum absolute atomic E-state index is 0.0710. The molecule has 1 fully saturated rings. The topological polar surface area (TPSA) is 90.2 Å². The van der Waals surface area contributed by atoms with Crippen molar-refractivity contribution in [1.82, 2.24) is 9.78 Å². The zero-order valence-corrected chi connectivity index (χ0v) is 10.1. The number of hydrogen-bond acceptors (Lipinski definition) is 5. The molecule has 7 nitrogen and oxygen atoms in total. The van der Waals surface area contributed by atoms with E-state index in [1.807, 2.05) is 0 Å². The molecule has 1 aromatic rings. The van der Waals surface area contributed by atoms with E-state index in [2.05, 4.69) is 5.10 Å². The molecule has 0 radical (unpaired) electrons. The van der Waals surface area contributed by atoms with Crippen molar-refractivity contribution in [2.45, 2.75) is 25.1 Å². The Morgan fingerprint density at radius 1 is 1.67 bits per heavy atom. The SMILES string of the molecule is Cn1ncc([N+](=O)[O-])c1N1CCC[C@H](N)[C@@H](F)C1. The third-order valence-corrected chi connectivity index (χ3v) is 3.21. The molecule has 2 N–H and O–H groups in total. The van der Waals surface area contributed by atoms with Crippen molar-refractivity contribution in [2.75, 3.05) is 18.0 Å². The third-order valence-electron chi connectivity index (χ3n) is 3.21. The molecule has 1 aliphatic rings. The van der Waals surface area contributed by atoms with E-state index in [9.17, 15) is 14.5 Å². The Bertz CT molecular complexity index is 449. The fourth-order valence-corrected chi connectivity index (χ4v) is 2.24. The van der Waals surface area contributed by atoms with E-state index in [0.29, 0.717) is 25.2 Å². The summed E-state index contributed by atoms with van der Waals surface area (Å²) in [6.07, 6.45) is 1.31. The van der Waals surface area contributed by atoms with Crippen molar-refractivity contribution in [3.05, 3.63) is 16.3 Å². The second kappa shape index (κ2) is 4.89. The number of aromatic nitrogens is 2. The largest absolute Gasteiger partial charge is 0.348 e. The standard InChI is InChI=1S/C10H16FN5O2/c1-14-10(9(5-13-14)16(17)18)15-4-2-3-8(12)7(11)6-15/h5,7-8H,2-4,6,12H2,1H3/t7-,8-/m0/s1. The molecule has 100 valence electrons. The number of aryl methyl sites for hydroxylation is 1. The molecule has 1 saturated heterocycles. The molecule has 0 aliphatic carbocycles. The summed E-state index contributed by atoms with van der Waals surface area (Å²) in [6.45, 7) is 0.621. The number of halogens is 1. The van der Waals surface area contributed by atoms with E-state index in [0.717, 1.165) is 0 Å². The molecule has 18 heavy (non-hydrogen) atoms. The zero-order chi connectivity index (χ0) is 13.3. The Kier molecular flexibility index (Phi) is 3.46. The second-order valence-electron chi connectivity index (χ2n) is 4.50. The molecule has 0 bridgehead atoms. The zero-order valence-electron chi connectivity index (χ0n) is 10.1. The first-order valence-corrected chi connectivity index (χ1v) is 5.81. The van der Waals surface area contributed by atoms with Gasteiger partial charge in [-0.15, -0.1) is 0 Å². The highest BCUT2D eigenvalue weighted by Gasteiger charge is 2.30. The van der Waals surface area contributed by atoms with Gasteiger partial charge in [-0.1, -0.05) is 0 Å². The lowest BCUT2D eigenvalue weighted by Gasteiger charge is -2.23. The van der Waals surface area contributed by atoms with Crippen LogP contribution in [-0.4, -0.2) is 40.0 Å². The number of nitro groups is 1. The minimum atomic E-state index is -1.18. The minimum Gasteiger partial charge on any atom is -0.348 e. The number of hydrogen-bond donors (Lipinski definition) is 1. The van der Waals surface area contributed by atoms with Crippen LogP contribution in [0.5, 0.6) is 0 Å². The Hall–Kier alpha value is -1.70. The van der Waals surface area contributed by atoms with E-state index in [1.54, 1.807) is 11.9 Å². The van der Waals surface area contributed by atoms with Crippen molar-refractivity contribution in [2.24, 2.45) is 12.8 Å². The van der Waals surface area contributed by atoms with Crippen molar-refractivity contribution in [3.8, 4) is 0 Å². The summed E-state index contributed by atoms with van der Waals surface area (Å²) in [6, 6.07) is -0.498. The number of nitrogens with two attached hydrogens (primary N) is 1. The van der Waals surface area contributed by atoms with Crippen molar-refractivity contribution in [3.63, 3.8) is 0 Å². The van der Waals surface area contributed by atoms with Gasteiger partial charge in [-0.25, -0.2) is 9.07 Å². The molecule has 0 spiro atoms. The lowest BCUT2D eigenvalue weighted by atomic mass is 10.1. The van der Waals surface area contributed by atoms with Crippen LogP contribution < -0.4 is 10.6 Å². The predicted octanol–water partition coefficient (Wildman–Crippen LogP) is 0.594. The maximum absolute atomic E-state index is 13.8. The van der Waals surface area contributed by atoms with Gasteiger partial charge >= 0.3 is 5.69 Å². The monoisotopic (exact) mass is 257 g/mol. The van der Waals surface area contributed by atoms with Crippen molar-refractivity contribution in [1.29, 1.82) is 0 Å². The van der Waals surface area contributed by atoms with Gasteiger partial charge in [0.2, 0.25) is 5.82 Å². The fraction of sp³-hybridized carbons (Fsp3) is 0.700. The van der Waals surface area contributed by atoms with Crippen molar-refractivity contribution >= 4 is 11.5 Å². The Morgan fingerprint density at radius 3 is 3.06 bits per heavy atom. The van der Waals surface area contributed by atoms with Gasteiger partial charge in [0, 0.05) is 19.6 Å². The molecule has 1 aliphatic heterocycles. The van der Waals surface area contributed by atoms with Gasteiger partial charge in [0.05, 0.1) is 11.5 Å². The smallest absolute Gasteiger partial charge is 0.331 e. The van der Waals surface area contributed by atoms with Crippen LogP contribution in [0.3, 0.4) is 0 Å². The van der Waals surface area contributed by atoms with E-state index in [4.69, 9.17) is 5.73 Å². The number of rotatable bonds is 2. The maximum Gasteiger partial charge on any atom is 0.331 e. The molecule has 8 heteroatoms. The third kappa shape index (κ3) is 2.28. The molecule has 2 atom stereocenters. The van der Waals surface area contributed by atoms with Gasteiger partial charge in [-0.3, -0.25) is 10.1 Å². The molecule has 0 unspecified atom stereocenters. The van der Waals surface area contributed by atoms with Crippen LogP contribution >= 0.6 is 0 Å². The summed E-state index contributed by atoms with van der Waals surface area (Å²) >= 11 is 0. The van der Waals surface area contributed by atoms with Crippen LogP contribution in [0.25, 0.3) is 0 Å². The van der Waals surface area contributed by atoms with Gasteiger partial charge in [0.15, 0.2) is 0 Å². The van der Waals surface area contributed by atoms with E-state index < -0.39 is 17.1 Å². The van der Waals surface area contributed by atoms with Gasteiger partial charge in [-0.2, -0.15) is 5.10 Å². The molecule has 1 aromatic heterocycles. The summed E-state index contributed by atoms with van der Waals surface area (Å²) in [4.78, 5) is 12.1. The molecular formula is C10H16FN5O2. The fourth-order valence-electron chi connectivity index (χ4n) is 2.24. The summed E-state index contributed by atoms with van der Waals surface area (Å²) in [5, 5.41) is 14.8.